The number of aryl methyl sites for hydroxylation is 2. The van der Waals surface area contributed by atoms with E-state index in [2.05, 4.69) is 9.97 Å². The molecule has 0 bridgehead atoms. The summed E-state index contributed by atoms with van der Waals surface area (Å²) in [6.07, 6.45) is 2.63. The SMILES string of the molecule is CC(=O)N1CCC(Cc2ccc(F)cc2)(C(=O)N2CC[C@H](c3nc(C)cc(C)n3)C2)CC1. The Balaban J connectivity index is 1.55. The van der Waals surface area contributed by atoms with Gasteiger partial charge in [-0.1, -0.05) is 12.1 Å². The summed E-state index contributed by atoms with van der Waals surface area (Å²) in [4.78, 5) is 38.8. The highest BCUT2D eigenvalue weighted by atomic mass is 19.1. The Hall–Kier alpha value is -2.83. The Morgan fingerprint density at radius 3 is 2.25 bits per heavy atom. The summed E-state index contributed by atoms with van der Waals surface area (Å²) in [5.74, 6) is 0.851. The number of likely N-dealkylation sites (tertiary alicyclic amines) is 2. The van der Waals surface area contributed by atoms with Gasteiger partial charge in [0, 0.05) is 50.4 Å². The van der Waals surface area contributed by atoms with E-state index in [0.717, 1.165) is 29.2 Å². The van der Waals surface area contributed by atoms with Crippen LogP contribution in [-0.2, 0) is 16.0 Å². The molecule has 0 saturated carbocycles. The number of hydrogen-bond donors (Lipinski definition) is 0. The number of hydrogen-bond acceptors (Lipinski definition) is 4. The lowest BCUT2D eigenvalue weighted by molar-refractivity contribution is -0.147. The summed E-state index contributed by atoms with van der Waals surface area (Å²) in [5, 5.41) is 0. The van der Waals surface area contributed by atoms with Crippen molar-refractivity contribution in [2.45, 2.75) is 52.4 Å². The van der Waals surface area contributed by atoms with Gasteiger partial charge in [0.2, 0.25) is 11.8 Å². The molecule has 32 heavy (non-hydrogen) atoms. The fraction of sp³-hybridized carbons (Fsp3) is 0.520. The Bertz CT molecular complexity index is 979. The van der Waals surface area contributed by atoms with Crippen LogP contribution in [0.4, 0.5) is 4.39 Å². The van der Waals surface area contributed by atoms with Gasteiger partial charge in [0.15, 0.2) is 0 Å². The lowest BCUT2D eigenvalue weighted by Crippen LogP contribution is -2.51. The predicted octanol–water partition coefficient (Wildman–Crippen LogP) is 3.42. The molecule has 0 N–H and O–H groups in total. The van der Waals surface area contributed by atoms with E-state index in [1.807, 2.05) is 29.7 Å². The van der Waals surface area contributed by atoms with Crippen molar-refractivity contribution < 1.29 is 14.0 Å². The van der Waals surface area contributed by atoms with Gasteiger partial charge in [-0.15, -0.1) is 0 Å². The number of nitrogens with zero attached hydrogens (tertiary/aromatic N) is 4. The maximum Gasteiger partial charge on any atom is 0.229 e. The minimum absolute atomic E-state index is 0.0426. The summed E-state index contributed by atoms with van der Waals surface area (Å²) < 4.78 is 13.4. The van der Waals surface area contributed by atoms with E-state index >= 15 is 0 Å². The van der Waals surface area contributed by atoms with Crippen LogP contribution in [0.1, 0.15) is 54.9 Å². The van der Waals surface area contributed by atoms with Crippen molar-refractivity contribution >= 4 is 11.8 Å². The zero-order valence-electron chi connectivity index (χ0n) is 19.1. The fourth-order valence-electron chi connectivity index (χ4n) is 5.14. The van der Waals surface area contributed by atoms with Crippen molar-refractivity contribution in [1.29, 1.82) is 0 Å². The average molecular weight is 439 g/mol. The second-order valence-corrected chi connectivity index (χ2v) is 9.34. The van der Waals surface area contributed by atoms with E-state index in [0.29, 0.717) is 45.4 Å². The van der Waals surface area contributed by atoms with Crippen molar-refractivity contribution in [3.63, 3.8) is 0 Å². The first-order chi connectivity index (χ1) is 15.3. The third-order valence-corrected chi connectivity index (χ3v) is 6.92. The van der Waals surface area contributed by atoms with Gasteiger partial charge in [-0.2, -0.15) is 0 Å². The van der Waals surface area contributed by atoms with Gasteiger partial charge in [0.05, 0.1) is 5.41 Å². The van der Waals surface area contributed by atoms with Crippen molar-refractivity contribution in [1.82, 2.24) is 19.8 Å². The highest BCUT2D eigenvalue weighted by Gasteiger charge is 2.45. The van der Waals surface area contributed by atoms with E-state index in [-0.39, 0.29) is 23.5 Å². The molecule has 6 nitrogen and oxygen atoms in total. The zero-order valence-corrected chi connectivity index (χ0v) is 19.1. The first kappa shape index (κ1) is 22.4. The van der Waals surface area contributed by atoms with Crippen LogP contribution >= 0.6 is 0 Å². The number of amides is 2. The molecule has 1 aromatic heterocycles. The van der Waals surface area contributed by atoms with Crippen LogP contribution in [0.5, 0.6) is 0 Å². The lowest BCUT2D eigenvalue weighted by Gasteiger charge is -2.42. The monoisotopic (exact) mass is 438 g/mol. The molecular weight excluding hydrogens is 407 g/mol. The molecule has 2 aromatic rings. The summed E-state index contributed by atoms with van der Waals surface area (Å²) >= 11 is 0. The lowest BCUT2D eigenvalue weighted by atomic mass is 9.72. The van der Waals surface area contributed by atoms with E-state index in [1.54, 1.807) is 19.1 Å². The quantitative estimate of drug-likeness (QED) is 0.734. The molecule has 2 aliphatic rings. The summed E-state index contributed by atoms with van der Waals surface area (Å²) in [5.41, 5.74) is 2.26. The Kier molecular flexibility index (Phi) is 6.26. The van der Waals surface area contributed by atoms with Crippen molar-refractivity contribution in [2.75, 3.05) is 26.2 Å². The van der Waals surface area contributed by atoms with E-state index < -0.39 is 5.41 Å². The maximum atomic E-state index is 13.9. The molecule has 2 amide bonds. The Morgan fingerprint density at radius 2 is 1.66 bits per heavy atom. The van der Waals surface area contributed by atoms with Crippen molar-refractivity contribution in [2.24, 2.45) is 5.41 Å². The second kappa shape index (κ2) is 8.96. The first-order valence-corrected chi connectivity index (χ1v) is 11.4. The predicted molar refractivity (Wildman–Crippen MR) is 119 cm³/mol. The number of halogens is 1. The number of rotatable bonds is 4. The van der Waals surface area contributed by atoms with Gasteiger partial charge in [0.25, 0.3) is 0 Å². The van der Waals surface area contributed by atoms with Crippen LogP contribution in [0.2, 0.25) is 0 Å². The number of carbonyl (C=O) groups is 2. The van der Waals surface area contributed by atoms with Gasteiger partial charge in [-0.05, 0) is 63.3 Å². The number of benzene rings is 1. The third kappa shape index (κ3) is 4.66. The molecule has 4 rings (SSSR count). The fourth-order valence-corrected chi connectivity index (χ4v) is 5.14. The van der Waals surface area contributed by atoms with Gasteiger partial charge in [0.1, 0.15) is 11.6 Å². The zero-order chi connectivity index (χ0) is 22.9. The first-order valence-electron chi connectivity index (χ1n) is 11.4. The Labute approximate surface area is 188 Å². The molecule has 2 fully saturated rings. The molecule has 1 aromatic carbocycles. The minimum atomic E-state index is -0.581. The summed E-state index contributed by atoms with van der Waals surface area (Å²) in [7, 11) is 0. The summed E-state index contributed by atoms with van der Waals surface area (Å²) in [6, 6.07) is 8.38. The number of aromatic nitrogens is 2. The van der Waals surface area contributed by atoms with Crippen LogP contribution in [0.25, 0.3) is 0 Å². The molecule has 170 valence electrons. The van der Waals surface area contributed by atoms with Gasteiger partial charge < -0.3 is 9.80 Å². The largest absolute Gasteiger partial charge is 0.343 e. The topological polar surface area (TPSA) is 66.4 Å². The van der Waals surface area contributed by atoms with E-state index in [1.165, 1.54) is 12.1 Å². The van der Waals surface area contributed by atoms with Crippen LogP contribution in [0.15, 0.2) is 30.3 Å². The molecule has 7 heteroatoms. The molecule has 0 unspecified atom stereocenters. The molecule has 2 aliphatic heterocycles. The van der Waals surface area contributed by atoms with Crippen molar-refractivity contribution in [3.8, 4) is 0 Å². The normalized spacial score (nSPS) is 20.4. The molecule has 0 spiro atoms. The van der Waals surface area contributed by atoms with E-state index in [9.17, 15) is 14.0 Å². The van der Waals surface area contributed by atoms with Crippen molar-refractivity contribution in [3.05, 3.63) is 58.9 Å². The molecule has 0 aliphatic carbocycles. The van der Waals surface area contributed by atoms with Crippen LogP contribution in [0.3, 0.4) is 0 Å². The van der Waals surface area contributed by atoms with Crippen LogP contribution in [-0.4, -0.2) is 57.8 Å². The molecule has 2 saturated heterocycles. The Morgan fingerprint density at radius 1 is 1.03 bits per heavy atom. The van der Waals surface area contributed by atoms with E-state index in [4.69, 9.17) is 0 Å². The average Bonchev–Trinajstić information content (AvgIpc) is 3.25. The minimum Gasteiger partial charge on any atom is -0.343 e. The van der Waals surface area contributed by atoms with Gasteiger partial charge in [-0.25, -0.2) is 14.4 Å². The highest BCUT2D eigenvalue weighted by molar-refractivity contribution is 5.84. The highest BCUT2D eigenvalue weighted by Crippen LogP contribution is 2.39. The second-order valence-electron chi connectivity index (χ2n) is 9.34. The maximum absolute atomic E-state index is 13.9. The van der Waals surface area contributed by atoms with Gasteiger partial charge in [-0.3, -0.25) is 9.59 Å². The molecule has 3 heterocycles. The standard InChI is InChI=1S/C25H31FN4O2/c1-17-14-18(2)28-23(27-17)21-8-11-30(16-21)24(32)25(9-12-29(13-10-25)19(3)31)15-20-4-6-22(26)7-5-20/h4-7,14,21H,8-13,15-16H2,1-3H3/t21-/m0/s1. The number of carbonyl (C=O) groups excluding carboxylic acids is 2. The van der Waals surface area contributed by atoms with Crippen LogP contribution < -0.4 is 0 Å². The van der Waals surface area contributed by atoms with Crippen LogP contribution in [0, 0.1) is 25.1 Å². The third-order valence-electron chi connectivity index (χ3n) is 6.92. The smallest absolute Gasteiger partial charge is 0.229 e. The molecular formula is C25H31FN4O2. The number of piperidine rings is 1. The summed E-state index contributed by atoms with van der Waals surface area (Å²) in [6.45, 7) is 7.95. The molecule has 1 atom stereocenters. The van der Waals surface area contributed by atoms with Gasteiger partial charge >= 0.3 is 0 Å². The molecule has 0 radical (unpaired) electrons.